The topological polar surface area (TPSA) is 71.1 Å². The number of anilines is 1. The molecule has 5 nitrogen and oxygen atoms in total. The highest BCUT2D eigenvalue weighted by Gasteiger charge is 2.22. The standard InChI is InChI=1S/C19H25N3O2S/c1-14-11-16(13-22-19(14)20-2)17-5-3-4-6-18(17)25(23,24)10-9-21-12-15-7-8-15/h3-6,11,13,15,21H,7-10,12H2,1-2H3,(H,20,22). The van der Waals surface area contributed by atoms with Crippen molar-refractivity contribution < 1.29 is 8.42 Å². The Bertz CT molecular complexity index is 845. The predicted molar refractivity (Wildman–Crippen MR) is 102 cm³/mol. The molecule has 1 aliphatic carbocycles. The van der Waals surface area contributed by atoms with Crippen LogP contribution in [0.3, 0.4) is 0 Å². The molecular formula is C19H25N3O2S. The number of aromatic nitrogens is 1. The highest BCUT2D eigenvalue weighted by atomic mass is 32.2. The fourth-order valence-electron chi connectivity index (χ4n) is 2.90. The molecule has 1 aromatic heterocycles. The van der Waals surface area contributed by atoms with Gasteiger partial charge in [0.15, 0.2) is 9.84 Å². The van der Waals surface area contributed by atoms with Crippen LogP contribution in [0.5, 0.6) is 0 Å². The summed E-state index contributed by atoms with van der Waals surface area (Å²) >= 11 is 0. The molecule has 25 heavy (non-hydrogen) atoms. The number of aryl methyl sites for hydroxylation is 1. The van der Waals surface area contributed by atoms with Gasteiger partial charge in [-0.05, 0) is 49.9 Å². The maximum Gasteiger partial charge on any atom is 0.180 e. The van der Waals surface area contributed by atoms with Gasteiger partial charge < -0.3 is 10.6 Å². The van der Waals surface area contributed by atoms with Crippen molar-refractivity contribution >= 4 is 15.7 Å². The van der Waals surface area contributed by atoms with Crippen LogP contribution in [0.2, 0.25) is 0 Å². The minimum Gasteiger partial charge on any atom is -0.373 e. The van der Waals surface area contributed by atoms with E-state index in [2.05, 4.69) is 15.6 Å². The van der Waals surface area contributed by atoms with Crippen LogP contribution in [0, 0.1) is 12.8 Å². The van der Waals surface area contributed by atoms with Crippen LogP contribution >= 0.6 is 0 Å². The lowest BCUT2D eigenvalue weighted by Crippen LogP contribution is -2.25. The number of sulfone groups is 1. The molecule has 1 heterocycles. The first-order valence-corrected chi connectivity index (χ1v) is 10.3. The third-order valence-electron chi connectivity index (χ3n) is 4.53. The average molecular weight is 359 g/mol. The van der Waals surface area contributed by atoms with Gasteiger partial charge in [-0.3, -0.25) is 0 Å². The lowest BCUT2D eigenvalue weighted by molar-refractivity contribution is 0.588. The molecule has 6 heteroatoms. The summed E-state index contributed by atoms with van der Waals surface area (Å²) in [6.45, 7) is 3.37. The van der Waals surface area contributed by atoms with Gasteiger partial charge in [-0.2, -0.15) is 0 Å². The van der Waals surface area contributed by atoms with E-state index in [0.717, 1.165) is 29.4 Å². The summed E-state index contributed by atoms with van der Waals surface area (Å²) in [7, 11) is -1.53. The van der Waals surface area contributed by atoms with Crippen molar-refractivity contribution in [2.75, 3.05) is 31.2 Å². The number of nitrogens with zero attached hydrogens (tertiary/aromatic N) is 1. The van der Waals surface area contributed by atoms with Gasteiger partial charge in [0.1, 0.15) is 5.82 Å². The van der Waals surface area contributed by atoms with Gasteiger partial charge in [0.05, 0.1) is 10.6 Å². The second-order valence-electron chi connectivity index (χ2n) is 6.60. The maximum atomic E-state index is 12.8. The number of nitrogens with one attached hydrogen (secondary N) is 2. The van der Waals surface area contributed by atoms with Gasteiger partial charge >= 0.3 is 0 Å². The molecule has 3 rings (SSSR count). The number of pyridine rings is 1. The van der Waals surface area contributed by atoms with Crippen LogP contribution in [0.25, 0.3) is 11.1 Å². The van der Waals surface area contributed by atoms with Crippen LogP contribution in [0.4, 0.5) is 5.82 Å². The summed E-state index contributed by atoms with van der Waals surface area (Å²) in [5.74, 6) is 1.65. The minimum atomic E-state index is -3.35. The summed E-state index contributed by atoms with van der Waals surface area (Å²) in [6.07, 6.45) is 4.24. The van der Waals surface area contributed by atoms with E-state index in [1.54, 1.807) is 18.3 Å². The molecule has 1 aromatic carbocycles. The average Bonchev–Trinajstić information content (AvgIpc) is 3.43. The largest absolute Gasteiger partial charge is 0.373 e. The number of hydrogen-bond donors (Lipinski definition) is 2. The lowest BCUT2D eigenvalue weighted by Gasteiger charge is -2.12. The van der Waals surface area contributed by atoms with Crippen LogP contribution in [0.15, 0.2) is 41.4 Å². The molecule has 0 radical (unpaired) electrons. The Balaban J connectivity index is 1.83. The van der Waals surface area contributed by atoms with Gasteiger partial charge in [0, 0.05) is 30.9 Å². The van der Waals surface area contributed by atoms with Crippen LogP contribution in [-0.4, -0.2) is 39.3 Å². The smallest absolute Gasteiger partial charge is 0.180 e. The van der Waals surface area contributed by atoms with Crippen LogP contribution in [-0.2, 0) is 9.84 Å². The molecule has 0 unspecified atom stereocenters. The maximum absolute atomic E-state index is 12.8. The molecule has 1 fully saturated rings. The molecule has 0 bridgehead atoms. The van der Waals surface area contributed by atoms with E-state index >= 15 is 0 Å². The Kier molecular flexibility index (Phi) is 5.39. The summed E-state index contributed by atoms with van der Waals surface area (Å²) in [6, 6.07) is 9.14. The van der Waals surface area contributed by atoms with Gasteiger partial charge in [-0.15, -0.1) is 0 Å². The van der Waals surface area contributed by atoms with Crippen molar-refractivity contribution in [1.82, 2.24) is 10.3 Å². The molecule has 0 atom stereocenters. The molecule has 1 saturated carbocycles. The van der Waals surface area contributed by atoms with Crippen LogP contribution in [0.1, 0.15) is 18.4 Å². The normalized spacial score (nSPS) is 14.5. The molecule has 0 aliphatic heterocycles. The van der Waals surface area contributed by atoms with E-state index in [4.69, 9.17) is 0 Å². The van der Waals surface area contributed by atoms with Gasteiger partial charge in [0.2, 0.25) is 0 Å². The van der Waals surface area contributed by atoms with Crippen molar-refractivity contribution in [3.63, 3.8) is 0 Å². The molecule has 134 valence electrons. The first-order chi connectivity index (χ1) is 12.0. The summed E-state index contributed by atoms with van der Waals surface area (Å²) in [5, 5.41) is 6.29. The predicted octanol–water partition coefficient (Wildman–Crippen LogP) is 2.87. The molecular weight excluding hydrogens is 334 g/mol. The van der Waals surface area contributed by atoms with E-state index in [0.29, 0.717) is 17.0 Å². The SMILES string of the molecule is CNc1ncc(-c2ccccc2S(=O)(=O)CCNCC2CC2)cc1C. The molecule has 1 aliphatic rings. The van der Waals surface area contributed by atoms with E-state index < -0.39 is 9.84 Å². The Morgan fingerprint density at radius 1 is 1.24 bits per heavy atom. The Morgan fingerprint density at radius 2 is 2.00 bits per heavy atom. The van der Waals surface area contributed by atoms with Crippen molar-refractivity contribution in [2.45, 2.75) is 24.7 Å². The Hall–Kier alpha value is -1.92. The zero-order valence-electron chi connectivity index (χ0n) is 14.7. The highest BCUT2D eigenvalue weighted by Crippen LogP contribution is 2.30. The number of rotatable bonds is 8. The van der Waals surface area contributed by atoms with E-state index in [9.17, 15) is 8.42 Å². The molecule has 0 spiro atoms. The highest BCUT2D eigenvalue weighted by molar-refractivity contribution is 7.91. The fraction of sp³-hybridized carbons (Fsp3) is 0.421. The lowest BCUT2D eigenvalue weighted by atomic mass is 10.1. The van der Waals surface area contributed by atoms with Gasteiger partial charge in [0.25, 0.3) is 0 Å². The summed E-state index contributed by atoms with van der Waals surface area (Å²) < 4.78 is 25.6. The Labute approximate surface area is 149 Å². The third-order valence-corrected chi connectivity index (χ3v) is 6.29. The zero-order chi connectivity index (χ0) is 17.9. The van der Waals surface area contributed by atoms with Crippen LogP contribution < -0.4 is 10.6 Å². The molecule has 2 N–H and O–H groups in total. The Morgan fingerprint density at radius 3 is 2.68 bits per heavy atom. The third kappa shape index (κ3) is 4.38. The molecule has 0 amide bonds. The number of hydrogen-bond acceptors (Lipinski definition) is 5. The van der Waals surface area contributed by atoms with Gasteiger partial charge in [-0.1, -0.05) is 18.2 Å². The van der Waals surface area contributed by atoms with Crippen molar-refractivity contribution in [2.24, 2.45) is 5.92 Å². The van der Waals surface area contributed by atoms with E-state index in [1.807, 2.05) is 32.2 Å². The molecule has 0 saturated heterocycles. The minimum absolute atomic E-state index is 0.109. The first-order valence-electron chi connectivity index (χ1n) is 8.68. The summed E-state index contributed by atoms with van der Waals surface area (Å²) in [5.41, 5.74) is 2.52. The van der Waals surface area contributed by atoms with E-state index in [-0.39, 0.29) is 5.75 Å². The fourth-order valence-corrected chi connectivity index (χ4v) is 4.34. The number of benzene rings is 1. The molecule has 2 aromatic rings. The second kappa shape index (κ2) is 7.54. The summed E-state index contributed by atoms with van der Waals surface area (Å²) in [4.78, 5) is 4.76. The van der Waals surface area contributed by atoms with Crippen molar-refractivity contribution in [3.05, 3.63) is 42.1 Å². The second-order valence-corrected chi connectivity index (χ2v) is 8.68. The van der Waals surface area contributed by atoms with Crippen molar-refractivity contribution in [3.8, 4) is 11.1 Å². The zero-order valence-corrected chi connectivity index (χ0v) is 15.6. The van der Waals surface area contributed by atoms with Crippen molar-refractivity contribution in [1.29, 1.82) is 0 Å². The van der Waals surface area contributed by atoms with Gasteiger partial charge in [-0.25, -0.2) is 13.4 Å². The van der Waals surface area contributed by atoms with E-state index in [1.165, 1.54) is 12.8 Å². The first kappa shape index (κ1) is 17.9. The quantitative estimate of drug-likeness (QED) is 0.709. The monoisotopic (exact) mass is 359 g/mol.